The normalized spacial score (nSPS) is 44.2. The van der Waals surface area contributed by atoms with Crippen LogP contribution in [0, 0.1) is 39.4 Å². The molecule has 4 rings (SSSR count). The molecule has 0 aromatic rings. The van der Waals surface area contributed by atoms with Gasteiger partial charge in [-0.2, -0.15) is 0 Å². The highest BCUT2D eigenvalue weighted by Crippen LogP contribution is 2.74. The fourth-order valence-corrected chi connectivity index (χ4v) is 9.43. The summed E-state index contributed by atoms with van der Waals surface area (Å²) in [4.78, 5) is 40.2. The maximum absolute atomic E-state index is 14.4. The molecule has 0 radical (unpaired) electrons. The van der Waals surface area contributed by atoms with Gasteiger partial charge in [-0.1, -0.05) is 52.3 Å². The molecule has 3 fully saturated rings. The minimum atomic E-state index is -1.98. The summed E-state index contributed by atoms with van der Waals surface area (Å²) in [6, 6.07) is 0. The van der Waals surface area contributed by atoms with Crippen LogP contribution < -0.4 is 0 Å². The molecule has 0 aromatic heterocycles. The zero-order valence-corrected chi connectivity index (χ0v) is 25.4. The van der Waals surface area contributed by atoms with Crippen LogP contribution in [0.3, 0.4) is 0 Å². The molecule has 0 amide bonds. The van der Waals surface area contributed by atoms with Crippen molar-refractivity contribution in [3.8, 4) is 0 Å². The summed E-state index contributed by atoms with van der Waals surface area (Å²) >= 11 is 0. The molecule has 0 aromatic carbocycles. The van der Waals surface area contributed by atoms with E-state index in [0.717, 1.165) is 5.57 Å². The van der Waals surface area contributed by atoms with Gasteiger partial charge in [-0.05, 0) is 68.8 Å². The Balaban J connectivity index is 1.85. The largest absolute Gasteiger partial charge is 0.462 e. The zero-order chi connectivity index (χ0) is 30.4. The number of carbonyl (C=O) groups is 3. The summed E-state index contributed by atoms with van der Waals surface area (Å²) in [6.45, 7) is 15.6. The van der Waals surface area contributed by atoms with Crippen LogP contribution in [-0.2, 0) is 19.1 Å². The van der Waals surface area contributed by atoms with Gasteiger partial charge < -0.3 is 25.2 Å². The van der Waals surface area contributed by atoms with Crippen LogP contribution in [-0.4, -0.2) is 67.5 Å². The van der Waals surface area contributed by atoms with Crippen molar-refractivity contribution in [1.82, 2.24) is 0 Å². The maximum Gasteiger partial charge on any atom is 0.302 e. The van der Waals surface area contributed by atoms with E-state index in [1.54, 1.807) is 0 Å². The number of Topliss-reactive ketones (excluding diaryl/α,β-unsaturated/α-hetero) is 1. The molecule has 8 nitrogen and oxygen atoms in total. The van der Waals surface area contributed by atoms with Crippen LogP contribution in [0.1, 0.15) is 88.0 Å². The van der Waals surface area contributed by atoms with Crippen molar-refractivity contribution in [3.05, 3.63) is 23.8 Å². The Morgan fingerprint density at radius 3 is 2.20 bits per heavy atom. The average molecular weight is 561 g/mol. The van der Waals surface area contributed by atoms with Gasteiger partial charge in [-0.15, -0.1) is 0 Å². The molecule has 0 saturated heterocycles. The fraction of sp³-hybridized carbons (Fsp3) is 0.781. The van der Waals surface area contributed by atoms with E-state index in [1.807, 2.05) is 27.7 Å². The SMILES string of the molecule is CC(=O)O[C@@H]1C[C@@]2(C)C3CC=C4[C@@H](C[C@H](O)[C@@H](O)C4(C)C)[C@]3(C)C(=O)C[C@]2(C)C1C(C)(O)C(=O)/C=C/C(C)(C)O. The quantitative estimate of drug-likeness (QED) is 0.228. The van der Waals surface area contributed by atoms with Gasteiger partial charge in [0.25, 0.3) is 0 Å². The Morgan fingerprint density at radius 2 is 1.65 bits per heavy atom. The molecule has 10 atom stereocenters. The van der Waals surface area contributed by atoms with Crippen LogP contribution in [0.25, 0.3) is 0 Å². The predicted molar refractivity (Wildman–Crippen MR) is 149 cm³/mol. The number of esters is 1. The second-order valence-corrected chi connectivity index (χ2v) is 15.0. The Hall–Kier alpha value is -1.87. The molecule has 40 heavy (non-hydrogen) atoms. The van der Waals surface area contributed by atoms with Crippen LogP contribution in [0.2, 0.25) is 0 Å². The molecule has 0 aliphatic heterocycles. The first-order valence-corrected chi connectivity index (χ1v) is 14.5. The zero-order valence-electron chi connectivity index (χ0n) is 25.4. The number of hydrogen-bond donors (Lipinski definition) is 4. The second-order valence-electron chi connectivity index (χ2n) is 15.0. The summed E-state index contributed by atoms with van der Waals surface area (Å²) in [5.41, 5.74) is -5.31. The third kappa shape index (κ3) is 4.27. The first kappa shape index (κ1) is 31.1. The number of aliphatic hydroxyl groups excluding tert-OH is 2. The molecule has 0 bridgehead atoms. The molecule has 224 valence electrons. The molecule has 4 aliphatic carbocycles. The number of rotatable bonds is 5. The lowest BCUT2D eigenvalue weighted by Crippen LogP contribution is -2.65. The van der Waals surface area contributed by atoms with Crippen molar-refractivity contribution in [3.63, 3.8) is 0 Å². The minimum Gasteiger partial charge on any atom is -0.462 e. The Morgan fingerprint density at radius 1 is 1.05 bits per heavy atom. The van der Waals surface area contributed by atoms with Crippen molar-refractivity contribution in [2.75, 3.05) is 0 Å². The van der Waals surface area contributed by atoms with E-state index in [9.17, 15) is 34.8 Å². The molecule has 3 saturated carbocycles. The molecular formula is C32H48O8. The van der Waals surface area contributed by atoms with Crippen LogP contribution in [0.5, 0.6) is 0 Å². The third-order valence-corrected chi connectivity index (χ3v) is 11.7. The number of fused-ring (bicyclic) bond motifs is 5. The van der Waals surface area contributed by atoms with Crippen LogP contribution in [0.15, 0.2) is 23.8 Å². The summed E-state index contributed by atoms with van der Waals surface area (Å²) in [5, 5.41) is 43.7. The highest BCUT2D eigenvalue weighted by atomic mass is 16.5. The molecule has 4 N–H and O–H groups in total. The Kier molecular flexibility index (Phi) is 7.24. The number of ketones is 2. The van der Waals surface area contributed by atoms with E-state index >= 15 is 0 Å². The van der Waals surface area contributed by atoms with E-state index in [4.69, 9.17) is 4.74 Å². The Labute approximate surface area is 237 Å². The minimum absolute atomic E-state index is 0.00350. The van der Waals surface area contributed by atoms with Gasteiger partial charge in [0.1, 0.15) is 17.5 Å². The number of allylic oxidation sites excluding steroid dienone is 1. The highest BCUT2D eigenvalue weighted by Gasteiger charge is 2.75. The van der Waals surface area contributed by atoms with Crippen molar-refractivity contribution in [2.24, 2.45) is 39.4 Å². The van der Waals surface area contributed by atoms with Gasteiger partial charge in [-0.25, -0.2) is 0 Å². The lowest BCUT2D eigenvalue weighted by Gasteiger charge is -2.65. The van der Waals surface area contributed by atoms with Gasteiger partial charge in [0, 0.05) is 30.1 Å². The monoisotopic (exact) mass is 560 g/mol. The first-order valence-electron chi connectivity index (χ1n) is 14.5. The number of aliphatic hydroxyl groups is 4. The second kappa shape index (κ2) is 9.32. The van der Waals surface area contributed by atoms with Gasteiger partial charge in [-0.3, -0.25) is 14.4 Å². The summed E-state index contributed by atoms with van der Waals surface area (Å²) in [6.07, 6.45) is 3.18. The number of hydrogen-bond acceptors (Lipinski definition) is 8. The maximum atomic E-state index is 14.4. The molecule has 0 heterocycles. The van der Waals surface area contributed by atoms with Gasteiger partial charge >= 0.3 is 5.97 Å². The van der Waals surface area contributed by atoms with Crippen molar-refractivity contribution in [1.29, 1.82) is 0 Å². The molecule has 8 heteroatoms. The lowest BCUT2D eigenvalue weighted by molar-refractivity contribution is -0.187. The van der Waals surface area contributed by atoms with Gasteiger partial charge in [0.05, 0.1) is 17.8 Å². The third-order valence-electron chi connectivity index (χ3n) is 11.7. The predicted octanol–water partition coefficient (Wildman–Crippen LogP) is 3.29. The topological polar surface area (TPSA) is 141 Å². The van der Waals surface area contributed by atoms with E-state index in [-0.39, 0.29) is 30.5 Å². The van der Waals surface area contributed by atoms with E-state index in [1.165, 1.54) is 39.8 Å². The van der Waals surface area contributed by atoms with Crippen molar-refractivity contribution < 1.29 is 39.5 Å². The van der Waals surface area contributed by atoms with Gasteiger partial charge in [0.15, 0.2) is 5.78 Å². The average Bonchev–Trinajstić information content (AvgIpc) is 3.02. The molecule has 3 unspecified atom stereocenters. The van der Waals surface area contributed by atoms with E-state index < -0.39 is 68.8 Å². The van der Waals surface area contributed by atoms with Gasteiger partial charge in [0.2, 0.25) is 0 Å². The van der Waals surface area contributed by atoms with Crippen molar-refractivity contribution in [2.45, 2.75) is 118 Å². The lowest BCUT2D eigenvalue weighted by atomic mass is 9.38. The van der Waals surface area contributed by atoms with Crippen LogP contribution in [0.4, 0.5) is 0 Å². The summed E-state index contributed by atoms with van der Waals surface area (Å²) in [7, 11) is 0. The highest BCUT2D eigenvalue weighted by molar-refractivity contribution is 5.97. The standard InChI is InChI=1S/C32H48O8/c1-17(33)40-21-15-29(6)22-11-10-18-19(14-20(34)26(37)28(18,4)5)31(22,8)24(36)16-30(29,7)25(21)32(9,39)23(35)12-13-27(2,3)38/h10,12-13,19-22,25-26,34,37-39H,11,14-16H2,1-9H3/b13-12+/t19-,20+,21-,22?,25?,26-,29+,30-,31+,32?/m1/s1. The van der Waals surface area contributed by atoms with E-state index in [0.29, 0.717) is 12.8 Å². The fourth-order valence-electron chi connectivity index (χ4n) is 9.43. The number of ether oxygens (including phenoxy) is 1. The molecule has 0 spiro atoms. The first-order chi connectivity index (χ1) is 18.0. The van der Waals surface area contributed by atoms with Crippen LogP contribution >= 0.6 is 0 Å². The van der Waals surface area contributed by atoms with E-state index in [2.05, 4.69) is 13.0 Å². The molecule has 4 aliphatic rings. The van der Waals surface area contributed by atoms with Crippen molar-refractivity contribution >= 4 is 17.5 Å². The Bertz CT molecular complexity index is 1160. The summed E-state index contributed by atoms with van der Waals surface area (Å²) in [5.74, 6) is -2.50. The molecular weight excluding hydrogens is 512 g/mol. The summed E-state index contributed by atoms with van der Waals surface area (Å²) < 4.78 is 5.82. The smallest absolute Gasteiger partial charge is 0.302 e. The number of carbonyl (C=O) groups excluding carboxylic acids is 3.